The Hall–Kier alpha value is -0.760. The van der Waals surface area contributed by atoms with Crippen LogP contribution in [0.3, 0.4) is 0 Å². The van der Waals surface area contributed by atoms with E-state index in [1.54, 1.807) is 0 Å². The molecule has 1 aromatic rings. The Kier molecular flexibility index (Phi) is 7.02. The molecule has 0 aliphatic carbocycles. The highest BCUT2D eigenvalue weighted by atomic mass is 35.5. The molecular weight excluding hydrogens is 239 g/mol. The smallest absolute Gasteiger partial charge is 0.140 e. The summed E-state index contributed by atoms with van der Waals surface area (Å²) in [6.45, 7) is 2.81. The first-order chi connectivity index (χ1) is 8.24. The van der Waals surface area contributed by atoms with Crippen molar-refractivity contribution in [2.75, 3.05) is 6.61 Å². The summed E-state index contributed by atoms with van der Waals surface area (Å²) >= 11 is 5.89. The van der Waals surface area contributed by atoms with Crippen molar-refractivity contribution >= 4 is 11.6 Å². The zero-order chi connectivity index (χ0) is 12.5. The van der Waals surface area contributed by atoms with Crippen LogP contribution < -0.4 is 4.74 Å². The van der Waals surface area contributed by atoms with Crippen molar-refractivity contribution in [2.45, 2.75) is 45.4 Å². The lowest BCUT2D eigenvalue weighted by Crippen LogP contribution is -1.98. The molecule has 0 aliphatic rings. The fourth-order valence-corrected chi connectivity index (χ4v) is 1.82. The fraction of sp³-hybridized carbons (Fsp3) is 0.571. The number of benzene rings is 1. The molecule has 0 aromatic heterocycles. The standard InChI is InChI=1S/C14H20ClFO/c1-2-3-4-5-6-7-10-17-14-11-12(16)8-9-13(14)15/h8-9,11H,2-7,10H2,1H3. The highest BCUT2D eigenvalue weighted by Gasteiger charge is 2.02. The molecule has 96 valence electrons. The molecule has 0 amide bonds. The molecule has 0 heterocycles. The molecule has 0 bridgehead atoms. The molecule has 0 aliphatic heterocycles. The van der Waals surface area contributed by atoms with E-state index < -0.39 is 0 Å². The maximum atomic E-state index is 12.9. The average Bonchev–Trinajstić information content (AvgIpc) is 2.32. The van der Waals surface area contributed by atoms with Gasteiger partial charge in [-0.15, -0.1) is 0 Å². The topological polar surface area (TPSA) is 9.23 Å². The van der Waals surface area contributed by atoms with Crippen molar-refractivity contribution in [2.24, 2.45) is 0 Å². The van der Waals surface area contributed by atoms with Crippen LogP contribution in [-0.2, 0) is 0 Å². The van der Waals surface area contributed by atoms with Crippen LogP contribution in [0.1, 0.15) is 45.4 Å². The van der Waals surface area contributed by atoms with Crippen molar-refractivity contribution in [3.05, 3.63) is 29.0 Å². The summed E-state index contributed by atoms with van der Waals surface area (Å²) < 4.78 is 18.4. The SMILES string of the molecule is CCCCCCCCOc1cc(F)ccc1Cl. The molecule has 1 rings (SSSR count). The Morgan fingerprint density at radius 3 is 2.59 bits per heavy atom. The van der Waals surface area contributed by atoms with Crippen LogP contribution in [0.5, 0.6) is 5.75 Å². The van der Waals surface area contributed by atoms with Gasteiger partial charge in [0.2, 0.25) is 0 Å². The lowest BCUT2D eigenvalue weighted by atomic mass is 10.1. The minimum Gasteiger partial charge on any atom is -0.492 e. The van der Waals surface area contributed by atoms with Crippen molar-refractivity contribution < 1.29 is 9.13 Å². The lowest BCUT2D eigenvalue weighted by molar-refractivity contribution is 0.303. The molecule has 0 radical (unpaired) electrons. The quantitative estimate of drug-likeness (QED) is 0.581. The van der Waals surface area contributed by atoms with Gasteiger partial charge in [-0.05, 0) is 18.6 Å². The third kappa shape index (κ3) is 5.92. The Balaban J connectivity index is 2.15. The van der Waals surface area contributed by atoms with E-state index in [0.29, 0.717) is 17.4 Å². The van der Waals surface area contributed by atoms with Crippen molar-refractivity contribution in [1.29, 1.82) is 0 Å². The molecule has 0 saturated heterocycles. The summed E-state index contributed by atoms with van der Waals surface area (Å²) in [5, 5.41) is 0.470. The summed E-state index contributed by atoms with van der Waals surface area (Å²) in [7, 11) is 0. The van der Waals surface area contributed by atoms with Crippen molar-refractivity contribution in [1.82, 2.24) is 0 Å². The van der Waals surface area contributed by atoms with Crippen molar-refractivity contribution in [3.8, 4) is 5.75 Å². The average molecular weight is 259 g/mol. The maximum absolute atomic E-state index is 12.9. The number of hydrogen-bond donors (Lipinski definition) is 0. The van der Waals surface area contributed by atoms with Gasteiger partial charge < -0.3 is 4.74 Å². The van der Waals surface area contributed by atoms with Crippen LogP contribution in [0, 0.1) is 5.82 Å². The van der Waals surface area contributed by atoms with E-state index in [4.69, 9.17) is 16.3 Å². The second kappa shape index (κ2) is 8.35. The van der Waals surface area contributed by atoms with Crippen LogP contribution in [0.4, 0.5) is 4.39 Å². The molecule has 1 nitrogen and oxygen atoms in total. The first-order valence-corrected chi connectivity index (χ1v) is 6.69. The van der Waals surface area contributed by atoms with E-state index >= 15 is 0 Å². The van der Waals surface area contributed by atoms with Crippen LogP contribution in [-0.4, -0.2) is 6.61 Å². The predicted molar refractivity (Wildman–Crippen MR) is 70.3 cm³/mol. The van der Waals surface area contributed by atoms with E-state index in [1.165, 1.54) is 43.9 Å². The highest BCUT2D eigenvalue weighted by molar-refractivity contribution is 6.32. The molecule has 3 heteroatoms. The normalized spacial score (nSPS) is 10.5. The van der Waals surface area contributed by atoms with Gasteiger partial charge in [-0.3, -0.25) is 0 Å². The molecular formula is C14H20ClFO. The molecule has 17 heavy (non-hydrogen) atoms. The maximum Gasteiger partial charge on any atom is 0.140 e. The van der Waals surface area contributed by atoms with Crippen LogP contribution in [0.25, 0.3) is 0 Å². The molecule has 0 spiro atoms. The molecule has 0 atom stereocenters. The van der Waals surface area contributed by atoms with Gasteiger partial charge >= 0.3 is 0 Å². The van der Waals surface area contributed by atoms with Gasteiger partial charge in [0, 0.05) is 6.07 Å². The molecule has 0 saturated carbocycles. The Morgan fingerprint density at radius 1 is 1.12 bits per heavy atom. The van der Waals surface area contributed by atoms with Gasteiger partial charge in [0.15, 0.2) is 0 Å². The fourth-order valence-electron chi connectivity index (χ4n) is 1.65. The van der Waals surface area contributed by atoms with Gasteiger partial charge in [0.05, 0.1) is 11.6 Å². The number of hydrogen-bond acceptors (Lipinski definition) is 1. The third-order valence-corrected chi connectivity index (χ3v) is 2.96. The number of unbranched alkanes of at least 4 members (excludes halogenated alkanes) is 5. The minimum absolute atomic E-state index is 0.313. The van der Waals surface area contributed by atoms with E-state index in [-0.39, 0.29) is 5.82 Å². The molecule has 0 unspecified atom stereocenters. The van der Waals surface area contributed by atoms with E-state index in [9.17, 15) is 4.39 Å². The monoisotopic (exact) mass is 258 g/mol. The second-order valence-corrected chi connectivity index (χ2v) is 4.60. The second-order valence-electron chi connectivity index (χ2n) is 4.19. The summed E-state index contributed by atoms with van der Waals surface area (Å²) in [4.78, 5) is 0. The predicted octanol–water partition coefficient (Wildman–Crippen LogP) is 5.22. The summed E-state index contributed by atoms with van der Waals surface area (Å²) in [6.07, 6.45) is 7.25. The molecule has 1 aromatic carbocycles. The molecule has 0 fully saturated rings. The Bertz CT molecular complexity index is 328. The third-order valence-electron chi connectivity index (χ3n) is 2.65. The Labute approximate surface area is 108 Å². The van der Waals surface area contributed by atoms with Gasteiger partial charge in [0.25, 0.3) is 0 Å². The minimum atomic E-state index is -0.313. The summed E-state index contributed by atoms with van der Waals surface area (Å²) in [6, 6.07) is 4.19. The summed E-state index contributed by atoms with van der Waals surface area (Å²) in [5.41, 5.74) is 0. The van der Waals surface area contributed by atoms with Crippen molar-refractivity contribution in [3.63, 3.8) is 0 Å². The highest BCUT2D eigenvalue weighted by Crippen LogP contribution is 2.25. The zero-order valence-corrected chi connectivity index (χ0v) is 11.1. The van der Waals surface area contributed by atoms with Gasteiger partial charge in [-0.2, -0.15) is 0 Å². The largest absolute Gasteiger partial charge is 0.492 e. The molecule has 0 N–H and O–H groups in total. The van der Waals surface area contributed by atoms with Crippen LogP contribution in [0.2, 0.25) is 5.02 Å². The number of halogens is 2. The number of rotatable bonds is 8. The van der Waals surface area contributed by atoms with E-state index in [0.717, 1.165) is 12.8 Å². The summed E-state index contributed by atoms with van der Waals surface area (Å²) in [5.74, 6) is 0.132. The van der Waals surface area contributed by atoms with Gasteiger partial charge in [-0.25, -0.2) is 4.39 Å². The number of ether oxygens (including phenoxy) is 1. The lowest BCUT2D eigenvalue weighted by Gasteiger charge is -2.07. The Morgan fingerprint density at radius 2 is 1.82 bits per heavy atom. The van der Waals surface area contributed by atoms with E-state index in [2.05, 4.69) is 6.92 Å². The first-order valence-electron chi connectivity index (χ1n) is 6.32. The van der Waals surface area contributed by atoms with Crippen LogP contribution >= 0.6 is 11.6 Å². The van der Waals surface area contributed by atoms with Crippen LogP contribution in [0.15, 0.2) is 18.2 Å². The van der Waals surface area contributed by atoms with Gasteiger partial charge in [0.1, 0.15) is 11.6 Å². The first kappa shape index (κ1) is 14.3. The van der Waals surface area contributed by atoms with E-state index in [1.807, 2.05) is 0 Å². The van der Waals surface area contributed by atoms with Gasteiger partial charge in [-0.1, -0.05) is 50.6 Å². The zero-order valence-electron chi connectivity index (χ0n) is 10.3.